The summed E-state index contributed by atoms with van der Waals surface area (Å²) < 4.78 is 1.14. The van der Waals surface area contributed by atoms with Gasteiger partial charge in [-0.1, -0.05) is 51.8 Å². The minimum atomic E-state index is 0.469. The maximum atomic E-state index is 3.61. The minimum absolute atomic E-state index is 0.469. The summed E-state index contributed by atoms with van der Waals surface area (Å²) in [6, 6.07) is 15.7. The summed E-state index contributed by atoms with van der Waals surface area (Å²) in [7, 11) is 0. The van der Waals surface area contributed by atoms with E-state index in [1.165, 1.54) is 22.3 Å². The second-order valence-electron chi connectivity index (χ2n) is 5.54. The van der Waals surface area contributed by atoms with Crippen molar-refractivity contribution in [2.75, 3.05) is 0 Å². The van der Waals surface area contributed by atoms with E-state index < -0.39 is 0 Å². The standard InChI is InChI=1S/C18H22BrN/c1-13-4-7-17(14(2)10-13)12-20-15(3)11-16-5-8-18(19)9-6-16/h4-10,15,20H,11-12H2,1-3H3. The van der Waals surface area contributed by atoms with Gasteiger partial charge in [-0.15, -0.1) is 0 Å². The fraction of sp³-hybridized carbons (Fsp3) is 0.333. The molecule has 0 aliphatic carbocycles. The van der Waals surface area contributed by atoms with E-state index in [0.717, 1.165) is 17.4 Å². The van der Waals surface area contributed by atoms with Crippen LogP contribution in [0.25, 0.3) is 0 Å². The maximum Gasteiger partial charge on any atom is 0.0210 e. The molecule has 0 saturated carbocycles. The summed E-state index contributed by atoms with van der Waals surface area (Å²) in [5, 5.41) is 3.61. The van der Waals surface area contributed by atoms with Crippen molar-refractivity contribution in [2.45, 2.75) is 39.8 Å². The Hall–Kier alpha value is -1.12. The zero-order chi connectivity index (χ0) is 14.5. The first-order valence-corrected chi connectivity index (χ1v) is 7.88. The first kappa shape index (κ1) is 15.3. The summed E-state index contributed by atoms with van der Waals surface area (Å²) in [6.07, 6.45) is 1.05. The molecule has 0 aliphatic heterocycles. The number of aryl methyl sites for hydroxylation is 2. The van der Waals surface area contributed by atoms with Crippen molar-refractivity contribution in [1.29, 1.82) is 0 Å². The molecule has 2 aromatic carbocycles. The van der Waals surface area contributed by atoms with E-state index in [4.69, 9.17) is 0 Å². The predicted molar refractivity (Wildman–Crippen MR) is 90.1 cm³/mol. The third-order valence-corrected chi connectivity index (χ3v) is 4.12. The number of halogens is 1. The van der Waals surface area contributed by atoms with Gasteiger partial charge in [0.2, 0.25) is 0 Å². The fourth-order valence-electron chi connectivity index (χ4n) is 2.37. The Morgan fingerprint density at radius 1 is 1.05 bits per heavy atom. The molecule has 0 heterocycles. The Morgan fingerprint density at radius 2 is 1.75 bits per heavy atom. The molecular weight excluding hydrogens is 310 g/mol. The van der Waals surface area contributed by atoms with Gasteiger partial charge in [0, 0.05) is 17.1 Å². The van der Waals surface area contributed by atoms with Crippen LogP contribution in [0.4, 0.5) is 0 Å². The Morgan fingerprint density at radius 3 is 2.40 bits per heavy atom. The normalized spacial score (nSPS) is 12.4. The minimum Gasteiger partial charge on any atom is -0.310 e. The van der Waals surface area contributed by atoms with Crippen LogP contribution in [-0.4, -0.2) is 6.04 Å². The highest BCUT2D eigenvalue weighted by Crippen LogP contribution is 2.13. The molecule has 0 aliphatic rings. The molecule has 2 heteroatoms. The van der Waals surface area contributed by atoms with E-state index in [1.807, 2.05) is 0 Å². The first-order chi connectivity index (χ1) is 9.54. The number of hydrogen-bond donors (Lipinski definition) is 1. The topological polar surface area (TPSA) is 12.0 Å². The number of nitrogens with one attached hydrogen (secondary N) is 1. The molecule has 0 radical (unpaired) electrons. The van der Waals surface area contributed by atoms with Gasteiger partial charge in [0.25, 0.3) is 0 Å². The molecule has 20 heavy (non-hydrogen) atoms. The van der Waals surface area contributed by atoms with Crippen LogP contribution in [-0.2, 0) is 13.0 Å². The van der Waals surface area contributed by atoms with Crippen LogP contribution < -0.4 is 5.32 Å². The third kappa shape index (κ3) is 4.46. The third-order valence-electron chi connectivity index (χ3n) is 3.59. The molecular formula is C18H22BrN. The van der Waals surface area contributed by atoms with Crippen molar-refractivity contribution in [3.05, 3.63) is 69.2 Å². The SMILES string of the molecule is Cc1ccc(CNC(C)Cc2ccc(Br)cc2)c(C)c1. The van der Waals surface area contributed by atoms with Gasteiger partial charge in [-0.3, -0.25) is 0 Å². The van der Waals surface area contributed by atoms with Crippen molar-refractivity contribution >= 4 is 15.9 Å². The second kappa shape index (κ2) is 7.05. The monoisotopic (exact) mass is 331 g/mol. The van der Waals surface area contributed by atoms with E-state index in [2.05, 4.69) is 84.5 Å². The Kier molecular flexibility index (Phi) is 5.38. The highest BCUT2D eigenvalue weighted by Gasteiger charge is 2.05. The van der Waals surface area contributed by atoms with Gasteiger partial charge >= 0.3 is 0 Å². The van der Waals surface area contributed by atoms with Gasteiger partial charge in [-0.2, -0.15) is 0 Å². The van der Waals surface area contributed by atoms with E-state index in [1.54, 1.807) is 0 Å². The molecule has 0 bridgehead atoms. The second-order valence-corrected chi connectivity index (χ2v) is 6.46. The zero-order valence-corrected chi connectivity index (χ0v) is 14.0. The van der Waals surface area contributed by atoms with Gasteiger partial charge in [0.1, 0.15) is 0 Å². The molecule has 0 saturated heterocycles. The molecule has 0 aromatic heterocycles. The highest BCUT2D eigenvalue weighted by atomic mass is 79.9. The van der Waals surface area contributed by atoms with Gasteiger partial charge in [-0.05, 0) is 56.0 Å². The average Bonchev–Trinajstić information content (AvgIpc) is 2.40. The molecule has 0 fully saturated rings. The Bertz CT molecular complexity index is 560. The summed E-state index contributed by atoms with van der Waals surface area (Å²) in [5.74, 6) is 0. The molecule has 0 spiro atoms. The molecule has 1 nitrogen and oxygen atoms in total. The van der Waals surface area contributed by atoms with E-state index in [9.17, 15) is 0 Å². The lowest BCUT2D eigenvalue weighted by molar-refractivity contribution is 0.544. The van der Waals surface area contributed by atoms with Gasteiger partial charge < -0.3 is 5.32 Å². The molecule has 1 unspecified atom stereocenters. The van der Waals surface area contributed by atoms with Gasteiger partial charge in [-0.25, -0.2) is 0 Å². The quantitative estimate of drug-likeness (QED) is 0.830. The zero-order valence-electron chi connectivity index (χ0n) is 12.4. The lowest BCUT2D eigenvalue weighted by Gasteiger charge is -2.15. The molecule has 1 N–H and O–H groups in total. The van der Waals surface area contributed by atoms with Crippen molar-refractivity contribution in [2.24, 2.45) is 0 Å². The van der Waals surface area contributed by atoms with Crippen LogP contribution in [0.3, 0.4) is 0 Å². The predicted octanol–water partition coefficient (Wildman–Crippen LogP) is 4.79. The van der Waals surface area contributed by atoms with Crippen molar-refractivity contribution in [3.63, 3.8) is 0 Å². The molecule has 2 rings (SSSR count). The van der Waals surface area contributed by atoms with E-state index in [-0.39, 0.29) is 0 Å². The molecule has 0 amide bonds. The lowest BCUT2D eigenvalue weighted by atomic mass is 10.0. The van der Waals surface area contributed by atoms with Crippen molar-refractivity contribution < 1.29 is 0 Å². The lowest BCUT2D eigenvalue weighted by Crippen LogP contribution is -2.27. The van der Waals surface area contributed by atoms with Crippen molar-refractivity contribution in [1.82, 2.24) is 5.32 Å². The first-order valence-electron chi connectivity index (χ1n) is 7.08. The summed E-state index contributed by atoms with van der Waals surface area (Å²) >= 11 is 3.47. The van der Waals surface area contributed by atoms with Crippen LogP contribution in [0.2, 0.25) is 0 Å². The number of rotatable bonds is 5. The largest absolute Gasteiger partial charge is 0.310 e. The molecule has 106 valence electrons. The molecule has 1 atom stereocenters. The molecule has 2 aromatic rings. The summed E-state index contributed by atoms with van der Waals surface area (Å²) in [4.78, 5) is 0. The summed E-state index contributed by atoms with van der Waals surface area (Å²) in [5.41, 5.74) is 5.45. The van der Waals surface area contributed by atoms with Crippen LogP contribution in [0.15, 0.2) is 46.9 Å². The van der Waals surface area contributed by atoms with E-state index in [0.29, 0.717) is 6.04 Å². The fourth-order valence-corrected chi connectivity index (χ4v) is 2.64. The van der Waals surface area contributed by atoms with Gasteiger partial charge in [0.15, 0.2) is 0 Å². The summed E-state index contributed by atoms with van der Waals surface area (Å²) in [6.45, 7) is 7.50. The number of benzene rings is 2. The maximum absolute atomic E-state index is 3.61. The van der Waals surface area contributed by atoms with Gasteiger partial charge in [0.05, 0.1) is 0 Å². The average molecular weight is 332 g/mol. The highest BCUT2D eigenvalue weighted by molar-refractivity contribution is 9.10. The van der Waals surface area contributed by atoms with Crippen LogP contribution >= 0.6 is 15.9 Å². The van der Waals surface area contributed by atoms with Crippen LogP contribution in [0.5, 0.6) is 0 Å². The Balaban J connectivity index is 1.88. The van der Waals surface area contributed by atoms with Crippen LogP contribution in [0.1, 0.15) is 29.2 Å². The number of hydrogen-bond acceptors (Lipinski definition) is 1. The Labute approximate surface area is 130 Å². The smallest absolute Gasteiger partial charge is 0.0210 e. The van der Waals surface area contributed by atoms with E-state index >= 15 is 0 Å². The van der Waals surface area contributed by atoms with Crippen LogP contribution in [0, 0.1) is 13.8 Å². The van der Waals surface area contributed by atoms with Crippen molar-refractivity contribution in [3.8, 4) is 0 Å².